The number of fused-ring (bicyclic) bond motifs is 1. The smallest absolute Gasteiger partial charge is 0.346 e. The Bertz CT molecular complexity index is 1230. The van der Waals surface area contributed by atoms with Crippen molar-refractivity contribution in [3.63, 3.8) is 0 Å². The molecule has 2 amide bonds. The van der Waals surface area contributed by atoms with Crippen molar-refractivity contribution in [1.82, 2.24) is 15.2 Å². The minimum absolute atomic E-state index is 0.0262. The molecule has 0 bridgehead atoms. The molecule has 2 aromatic heterocycles. The van der Waals surface area contributed by atoms with Crippen molar-refractivity contribution >= 4 is 33.0 Å². The first-order chi connectivity index (χ1) is 16.9. The van der Waals surface area contributed by atoms with Crippen LogP contribution in [-0.4, -0.2) is 48.6 Å². The molecule has 196 valence electrons. The van der Waals surface area contributed by atoms with E-state index in [1.165, 1.54) is 23.6 Å². The molecule has 12 heteroatoms. The number of alkyl halides is 3. The molecule has 0 spiro atoms. The molecule has 4 rings (SSSR count). The molecule has 2 aliphatic rings. The second-order valence-electron chi connectivity index (χ2n) is 9.35. The van der Waals surface area contributed by atoms with Crippen molar-refractivity contribution in [1.29, 1.82) is 0 Å². The van der Waals surface area contributed by atoms with Crippen LogP contribution in [0.2, 0.25) is 0 Å². The zero-order chi connectivity index (χ0) is 26.3. The zero-order valence-corrected chi connectivity index (χ0v) is 21.6. The fourth-order valence-electron chi connectivity index (χ4n) is 4.78. The lowest BCUT2D eigenvalue weighted by molar-refractivity contribution is -0.184. The minimum atomic E-state index is -4.15. The Morgan fingerprint density at radius 1 is 1.22 bits per heavy atom. The van der Waals surface area contributed by atoms with Crippen LogP contribution < -0.4 is 5.32 Å². The number of carbonyl (C=O) groups excluding carboxylic acids is 2. The van der Waals surface area contributed by atoms with Crippen LogP contribution in [0, 0.1) is 11.8 Å². The van der Waals surface area contributed by atoms with Gasteiger partial charge in [0.1, 0.15) is 0 Å². The second-order valence-corrected chi connectivity index (χ2v) is 12.7. The standard InChI is InChI=1S/C24H28F3N3O4S2/c1-3-36(33,34)18-9-8-17(28-12-18)11-29-22(31)20-10-19-21(35-20)14(2)30(23(19)32)13-15-4-6-16(7-5-15)24(25,26)27/h8-10,12,14-16H,3-7,11,13H2,1-2H3,(H,29,31)/t14?,15-,16-. The van der Waals surface area contributed by atoms with Crippen molar-refractivity contribution < 1.29 is 31.2 Å². The van der Waals surface area contributed by atoms with Gasteiger partial charge in [-0.3, -0.25) is 14.6 Å². The summed E-state index contributed by atoms with van der Waals surface area (Å²) in [5.41, 5.74) is 0.965. The average molecular weight is 544 g/mol. The van der Waals surface area contributed by atoms with Gasteiger partial charge >= 0.3 is 6.18 Å². The first-order valence-corrected chi connectivity index (χ1v) is 14.3. The third-order valence-corrected chi connectivity index (χ3v) is 10.1. The minimum Gasteiger partial charge on any atom is -0.346 e. The van der Waals surface area contributed by atoms with Gasteiger partial charge in [-0.15, -0.1) is 11.3 Å². The summed E-state index contributed by atoms with van der Waals surface area (Å²) in [5, 5.41) is 2.74. The lowest BCUT2D eigenvalue weighted by Crippen LogP contribution is -2.35. The van der Waals surface area contributed by atoms with Crippen molar-refractivity contribution in [2.75, 3.05) is 12.3 Å². The number of halogens is 3. The van der Waals surface area contributed by atoms with Gasteiger partial charge in [0.2, 0.25) is 0 Å². The number of hydrogen-bond acceptors (Lipinski definition) is 6. The van der Waals surface area contributed by atoms with E-state index in [0.29, 0.717) is 35.5 Å². The molecular weight excluding hydrogens is 515 g/mol. The zero-order valence-electron chi connectivity index (χ0n) is 20.0. The van der Waals surface area contributed by atoms with Gasteiger partial charge in [-0.2, -0.15) is 13.2 Å². The number of thiophene rings is 1. The van der Waals surface area contributed by atoms with Crippen LogP contribution in [-0.2, 0) is 16.4 Å². The van der Waals surface area contributed by atoms with Gasteiger partial charge in [-0.1, -0.05) is 6.92 Å². The van der Waals surface area contributed by atoms with Crippen LogP contribution in [0.5, 0.6) is 0 Å². The van der Waals surface area contributed by atoms with Gasteiger partial charge < -0.3 is 10.2 Å². The maximum Gasteiger partial charge on any atom is 0.391 e. The lowest BCUT2D eigenvalue weighted by Gasteiger charge is -2.33. The molecule has 1 unspecified atom stereocenters. The lowest BCUT2D eigenvalue weighted by atomic mass is 9.81. The summed E-state index contributed by atoms with van der Waals surface area (Å²) in [4.78, 5) is 32.8. The van der Waals surface area contributed by atoms with Crippen LogP contribution in [0.4, 0.5) is 13.2 Å². The Morgan fingerprint density at radius 2 is 1.92 bits per heavy atom. The van der Waals surface area contributed by atoms with E-state index >= 15 is 0 Å². The Labute approximate surface area is 212 Å². The first-order valence-electron chi connectivity index (χ1n) is 11.9. The summed E-state index contributed by atoms with van der Waals surface area (Å²) in [6, 6.07) is 4.33. The number of pyridine rings is 1. The van der Waals surface area contributed by atoms with E-state index in [4.69, 9.17) is 0 Å². The van der Waals surface area contributed by atoms with Crippen LogP contribution in [0.1, 0.15) is 76.2 Å². The SMILES string of the molecule is CCS(=O)(=O)c1ccc(CNC(=O)c2cc3c(s2)C(C)N(C[C@H]2CC[C@H](C(F)(F)F)CC2)C3=O)nc1. The molecule has 1 aliphatic carbocycles. The largest absolute Gasteiger partial charge is 0.391 e. The highest BCUT2D eigenvalue weighted by molar-refractivity contribution is 7.91. The summed E-state index contributed by atoms with van der Waals surface area (Å²) in [6.45, 7) is 3.95. The number of nitrogens with zero attached hydrogens (tertiary/aromatic N) is 2. The summed E-state index contributed by atoms with van der Waals surface area (Å²) < 4.78 is 62.6. The van der Waals surface area contributed by atoms with Gasteiger partial charge in [0.15, 0.2) is 9.84 Å². The second kappa shape index (κ2) is 10.1. The summed E-state index contributed by atoms with van der Waals surface area (Å²) in [7, 11) is -3.35. The Balaban J connectivity index is 1.34. The number of nitrogens with one attached hydrogen (secondary N) is 1. The number of rotatable bonds is 7. The molecule has 3 heterocycles. The Kier molecular flexibility index (Phi) is 7.47. The molecule has 1 aliphatic heterocycles. The Hall–Kier alpha value is -2.47. The molecule has 0 aromatic carbocycles. The van der Waals surface area contributed by atoms with Crippen LogP contribution in [0.25, 0.3) is 0 Å². The van der Waals surface area contributed by atoms with Crippen LogP contribution >= 0.6 is 11.3 Å². The molecule has 7 nitrogen and oxygen atoms in total. The maximum absolute atomic E-state index is 13.0. The fraction of sp³-hybridized carbons (Fsp3) is 0.542. The highest BCUT2D eigenvalue weighted by Crippen LogP contribution is 2.43. The van der Waals surface area contributed by atoms with E-state index in [1.807, 2.05) is 6.92 Å². The molecule has 2 aromatic rings. The van der Waals surface area contributed by atoms with E-state index in [1.54, 1.807) is 24.0 Å². The molecular formula is C24H28F3N3O4S2. The number of hydrogen-bond donors (Lipinski definition) is 1. The van der Waals surface area contributed by atoms with Gasteiger partial charge in [0.25, 0.3) is 11.8 Å². The van der Waals surface area contributed by atoms with E-state index in [2.05, 4.69) is 10.3 Å². The number of amides is 2. The van der Waals surface area contributed by atoms with E-state index in [9.17, 15) is 31.2 Å². The molecule has 1 atom stereocenters. The summed E-state index contributed by atoms with van der Waals surface area (Å²) >= 11 is 1.23. The monoisotopic (exact) mass is 543 g/mol. The summed E-state index contributed by atoms with van der Waals surface area (Å²) in [5.74, 6) is -1.79. The van der Waals surface area contributed by atoms with Crippen LogP contribution in [0.15, 0.2) is 29.3 Å². The quantitative estimate of drug-likeness (QED) is 0.544. The number of carbonyl (C=O) groups is 2. The Morgan fingerprint density at radius 3 is 2.47 bits per heavy atom. The van der Waals surface area contributed by atoms with Gasteiger partial charge in [-0.05, 0) is 56.7 Å². The number of sulfone groups is 1. The third kappa shape index (κ3) is 5.44. The first kappa shape index (κ1) is 26.6. The van der Waals surface area contributed by atoms with Crippen molar-refractivity contribution in [3.8, 4) is 0 Å². The van der Waals surface area contributed by atoms with Crippen molar-refractivity contribution in [3.05, 3.63) is 45.4 Å². The highest BCUT2D eigenvalue weighted by Gasteiger charge is 2.43. The van der Waals surface area contributed by atoms with Gasteiger partial charge in [0.05, 0.1) is 45.3 Å². The molecule has 36 heavy (non-hydrogen) atoms. The van der Waals surface area contributed by atoms with Crippen molar-refractivity contribution in [2.45, 2.75) is 63.2 Å². The average Bonchev–Trinajstić information content (AvgIpc) is 3.38. The molecule has 0 saturated heterocycles. The van der Waals surface area contributed by atoms with Gasteiger partial charge in [-0.25, -0.2) is 8.42 Å². The number of aromatic nitrogens is 1. The molecule has 0 radical (unpaired) electrons. The predicted molar refractivity (Wildman–Crippen MR) is 128 cm³/mol. The van der Waals surface area contributed by atoms with E-state index in [-0.39, 0.29) is 53.8 Å². The predicted octanol–water partition coefficient (Wildman–Crippen LogP) is 4.75. The normalized spacial score (nSPS) is 22.5. The van der Waals surface area contributed by atoms with E-state index in [0.717, 1.165) is 4.88 Å². The fourth-order valence-corrected chi connectivity index (χ4v) is 6.74. The topological polar surface area (TPSA) is 96.4 Å². The molecule has 1 N–H and O–H groups in total. The summed E-state index contributed by atoms with van der Waals surface area (Å²) in [6.07, 6.45) is -1.79. The van der Waals surface area contributed by atoms with Crippen molar-refractivity contribution in [2.24, 2.45) is 11.8 Å². The molecule has 1 fully saturated rings. The third-order valence-electron chi connectivity index (χ3n) is 7.05. The van der Waals surface area contributed by atoms with E-state index < -0.39 is 21.9 Å². The molecule has 1 saturated carbocycles. The maximum atomic E-state index is 13.0. The highest BCUT2D eigenvalue weighted by atomic mass is 32.2. The van der Waals surface area contributed by atoms with Crippen LogP contribution in [0.3, 0.4) is 0 Å². The van der Waals surface area contributed by atoms with Gasteiger partial charge in [0, 0.05) is 17.6 Å².